The van der Waals surface area contributed by atoms with Gasteiger partial charge in [0.25, 0.3) is 0 Å². The van der Waals surface area contributed by atoms with Crippen LogP contribution < -0.4 is 16.1 Å². The molecule has 1 fully saturated rings. The van der Waals surface area contributed by atoms with Gasteiger partial charge in [-0.1, -0.05) is 0 Å². The maximum absolute atomic E-state index is 12.9. The Balaban J connectivity index is 1.93. The van der Waals surface area contributed by atoms with Gasteiger partial charge in [-0.2, -0.15) is 4.98 Å². The molecule has 25 heavy (non-hydrogen) atoms. The second-order valence-corrected chi connectivity index (χ2v) is 6.39. The summed E-state index contributed by atoms with van der Waals surface area (Å²) in [5.74, 6) is -1.41. The van der Waals surface area contributed by atoms with Crippen LogP contribution in [0.5, 0.6) is 0 Å². The SMILES string of the molecule is CN(c1ccc2oc3nc(N)c(C(=O)O)cc3c(=O)c2c1)C1CCC1. The molecule has 0 saturated heterocycles. The van der Waals surface area contributed by atoms with Crippen molar-refractivity contribution in [3.05, 3.63) is 40.1 Å². The van der Waals surface area contributed by atoms with Gasteiger partial charge in [0.2, 0.25) is 11.1 Å². The molecule has 3 aromatic rings. The largest absolute Gasteiger partial charge is 0.478 e. The highest BCUT2D eigenvalue weighted by atomic mass is 16.4. The molecule has 2 aromatic heterocycles. The van der Waals surface area contributed by atoms with Crippen LogP contribution in [-0.2, 0) is 0 Å². The zero-order valence-corrected chi connectivity index (χ0v) is 13.7. The zero-order valence-electron chi connectivity index (χ0n) is 13.7. The van der Waals surface area contributed by atoms with Crippen molar-refractivity contribution in [2.24, 2.45) is 0 Å². The number of pyridine rings is 1. The van der Waals surface area contributed by atoms with Crippen molar-refractivity contribution in [1.29, 1.82) is 0 Å². The van der Waals surface area contributed by atoms with Gasteiger partial charge in [-0.3, -0.25) is 4.79 Å². The smallest absolute Gasteiger partial charge is 0.339 e. The Morgan fingerprint density at radius 2 is 2.08 bits per heavy atom. The molecule has 0 bridgehead atoms. The molecule has 1 aliphatic carbocycles. The molecular weight excluding hydrogens is 322 g/mol. The Hall–Kier alpha value is -3.09. The van der Waals surface area contributed by atoms with Crippen LogP contribution in [0.2, 0.25) is 0 Å². The van der Waals surface area contributed by atoms with Gasteiger partial charge < -0.3 is 20.2 Å². The van der Waals surface area contributed by atoms with Gasteiger partial charge in [-0.15, -0.1) is 0 Å². The highest BCUT2D eigenvalue weighted by molar-refractivity contribution is 5.98. The number of benzene rings is 1. The van der Waals surface area contributed by atoms with Crippen molar-refractivity contribution in [2.75, 3.05) is 17.7 Å². The summed E-state index contributed by atoms with van der Waals surface area (Å²) in [5.41, 5.74) is 6.50. The van der Waals surface area contributed by atoms with Gasteiger partial charge in [0.05, 0.1) is 10.8 Å². The van der Waals surface area contributed by atoms with E-state index in [9.17, 15) is 14.7 Å². The van der Waals surface area contributed by atoms with Gasteiger partial charge in [0.1, 0.15) is 17.0 Å². The summed E-state index contributed by atoms with van der Waals surface area (Å²) in [6.07, 6.45) is 3.51. The number of aromatic carboxylic acids is 1. The number of fused-ring (bicyclic) bond motifs is 2. The molecule has 0 unspecified atom stereocenters. The second kappa shape index (κ2) is 5.47. The summed E-state index contributed by atoms with van der Waals surface area (Å²) in [7, 11) is 2.01. The molecule has 7 nitrogen and oxygen atoms in total. The summed E-state index contributed by atoms with van der Waals surface area (Å²) in [5, 5.41) is 9.70. The van der Waals surface area contributed by atoms with Crippen LogP contribution in [0.25, 0.3) is 22.1 Å². The van der Waals surface area contributed by atoms with Crippen LogP contribution in [0.4, 0.5) is 11.5 Å². The molecule has 1 saturated carbocycles. The molecule has 7 heteroatoms. The highest BCUT2D eigenvalue weighted by Crippen LogP contribution is 2.30. The van der Waals surface area contributed by atoms with Crippen LogP contribution in [0.15, 0.2) is 33.5 Å². The molecule has 0 amide bonds. The fourth-order valence-corrected chi connectivity index (χ4v) is 3.16. The quantitative estimate of drug-likeness (QED) is 0.706. The number of nitrogen functional groups attached to an aromatic ring is 1. The van der Waals surface area contributed by atoms with Crippen molar-refractivity contribution in [3.63, 3.8) is 0 Å². The van der Waals surface area contributed by atoms with E-state index < -0.39 is 5.97 Å². The molecule has 0 aliphatic heterocycles. The topological polar surface area (TPSA) is 110 Å². The molecule has 0 atom stereocenters. The lowest BCUT2D eigenvalue weighted by Crippen LogP contribution is -2.37. The van der Waals surface area contributed by atoms with Gasteiger partial charge >= 0.3 is 5.97 Å². The molecule has 4 rings (SSSR count). The first-order chi connectivity index (χ1) is 12.0. The lowest BCUT2D eigenvalue weighted by atomic mass is 9.91. The molecule has 0 spiro atoms. The van der Waals surface area contributed by atoms with Crippen LogP contribution in [0.3, 0.4) is 0 Å². The van der Waals surface area contributed by atoms with E-state index >= 15 is 0 Å². The number of rotatable bonds is 3. The fraction of sp³-hybridized carbons (Fsp3) is 0.278. The average Bonchev–Trinajstić information content (AvgIpc) is 2.52. The van der Waals surface area contributed by atoms with E-state index in [1.165, 1.54) is 12.5 Å². The van der Waals surface area contributed by atoms with E-state index in [4.69, 9.17) is 10.2 Å². The van der Waals surface area contributed by atoms with E-state index in [0.717, 1.165) is 18.5 Å². The van der Waals surface area contributed by atoms with Gasteiger partial charge in [-0.05, 0) is 43.5 Å². The Morgan fingerprint density at radius 3 is 2.72 bits per heavy atom. The van der Waals surface area contributed by atoms with Crippen molar-refractivity contribution < 1.29 is 14.3 Å². The van der Waals surface area contributed by atoms with Crippen molar-refractivity contribution in [2.45, 2.75) is 25.3 Å². The third-order valence-corrected chi connectivity index (χ3v) is 4.94. The van der Waals surface area contributed by atoms with Crippen molar-refractivity contribution >= 4 is 39.5 Å². The Labute approximate surface area is 142 Å². The molecule has 128 valence electrons. The third kappa shape index (κ3) is 2.39. The number of nitrogens with two attached hydrogens (primary N) is 1. The second-order valence-electron chi connectivity index (χ2n) is 6.39. The number of hydrogen-bond acceptors (Lipinski definition) is 6. The number of nitrogens with zero attached hydrogens (tertiary/aromatic N) is 2. The third-order valence-electron chi connectivity index (χ3n) is 4.94. The van der Waals surface area contributed by atoms with Crippen LogP contribution in [-0.4, -0.2) is 29.1 Å². The first-order valence-electron chi connectivity index (χ1n) is 8.09. The molecule has 1 aromatic carbocycles. The molecular formula is C18H17N3O4. The predicted molar refractivity (Wildman–Crippen MR) is 95.2 cm³/mol. The van der Waals surface area contributed by atoms with Gasteiger partial charge in [0.15, 0.2) is 0 Å². The van der Waals surface area contributed by atoms with E-state index in [0.29, 0.717) is 17.0 Å². The lowest BCUT2D eigenvalue weighted by molar-refractivity contribution is 0.0698. The Bertz CT molecular complexity index is 1070. The summed E-state index contributed by atoms with van der Waals surface area (Å²) >= 11 is 0. The number of carboxylic acids is 1. The number of carboxylic acid groups (broad SMARTS) is 1. The van der Waals surface area contributed by atoms with Crippen molar-refractivity contribution in [3.8, 4) is 0 Å². The van der Waals surface area contributed by atoms with E-state index in [2.05, 4.69) is 9.88 Å². The summed E-state index contributed by atoms with van der Waals surface area (Å²) in [4.78, 5) is 30.2. The van der Waals surface area contributed by atoms with Crippen molar-refractivity contribution in [1.82, 2.24) is 4.98 Å². The zero-order chi connectivity index (χ0) is 17.7. The molecule has 2 heterocycles. The lowest BCUT2D eigenvalue weighted by Gasteiger charge is -2.36. The number of hydrogen-bond donors (Lipinski definition) is 2. The minimum atomic E-state index is -1.23. The van der Waals surface area contributed by atoms with Crippen LogP contribution in [0.1, 0.15) is 29.6 Å². The fourth-order valence-electron chi connectivity index (χ4n) is 3.16. The molecule has 0 radical (unpaired) electrons. The number of anilines is 2. The highest BCUT2D eigenvalue weighted by Gasteiger charge is 2.23. The number of aromatic nitrogens is 1. The minimum absolute atomic E-state index is 0.0418. The average molecular weight is 339 g/mol. The van der Waals surface area contributed by atoms with E-state index in [1.54, 1.807) is 12.1 Å². The monoisotopic (exact) mass is 339 g/mol. The first kappa shape index (κ1) is 15.4. The Morgan fingerprint density at radius 1 is 1.32 bits per heavy atom. The predicted octanol–water partition coefficient (Wildman–Crippen LogP) is 2.61. The normalized spacial score (nSPS) is 14.6. The van der Waals surface area contributed by atoms with E-state index in [1.807, 2.05) is 13.1 Å². The maximum atomic E-state index is 12.9. The Kier molecular flexibility index (Phi) is 3.38. The molecule has 3 N–H and O–H groups in total. The van der Waals surface area contributed by atoms with Crippen LogP contribution >= 0.6 is 0 Å². The summed E-state index contributed by atoms with van der Waals surface area (Å²) in [6.45, 7) is 0. The van der Waals surface area contributed by atoms with E-state index in [-0.39, 0.29) is 27.9 Å². The van der Waals surface area contributed by atoms with Crippen LogP contribution in [0, 0.1) is 0 Å². The number of carbonyl (C=O) groups is 1. The minimum Gasteiger partial charge on any atom is -0.478 e. The summed E-state index contributed by atoms with van der Waals surface area (Å²) in [6, 6.07) is 7.15. The van der Waals surface area contributed by atoms with Gasteiger partial charge in [-0.25, -0.2) is 4.79 Å². The first-order valence-corrected chi connectivity index (χ1v) is 8.09. The molecule has 1 aliphatic rings. The summed E-state index contributed by atoms with van der Waals surface area (Å²) < 4.78 is 5.68. The van der Waals surface area contributed by atoms with Gasteiger partial charge in [0, 0.05) is 18.8 Å². The standard InChI is InChI=1S/C18H17N3O4/c1-21(9-3-2-4-9)10-5-6-14-11(7-10)15(22)12-8-13(18(23)24)16(19)20-17(12)25-14/h5-9H,2-4H2,1H3,(H2,19,20)(H,23,24). The maximum Gasteiger partial charge on any atom is 0.339 e.